The quantitative estimate of drug-likeness (QED) is 0.808. The highest BCUT2D eigenvalue weighted by atomic mass is 35.5. The van der Waals surface area contributed by atoms with Crippen molar-refractivity contribution in [2.45, 2.75) is 18.6 Å². The fourth-order valence-corrected chi connectivity index (χ4v) is 2.69. The molecule has 0 radical (unpaired) electrons. The third-order valence-corrected chi connectivity index (χ3v) is 4.14. The lowest BCUT2D eigenvalue weighted by Crippen LogP contribution is -2.41. The van der Waals surface area contributed by atoms with Crippen molar-refractivity contribution in [1.29, 1.82) is 0 Å². The monoisotopic (exact) mass is 346 g/mol. The zero-order valence-corrected chi connectivity index (χ0v) is 13.4. The maximum Gasteiger partial charge on any atom is 0.323 e. The van der Waals surface area contributed by atoms with Crippen LogP contribution in [0, 0.1) is 0 Å². The number of carbonyl (C=O) groups is 2. The van der Waals surface area contributed by atoms with E-state index in [0.29, 0.717) is 15.7 Å². The van der Waals surface area contributed by atoms with E-state index in [2.05, 4.69) is 10.1 Å². The number of aliphatic hydroxyl groups excluding tert-OH is 1. The third kappa shape index (κ3) is 4.10. The van der Waals surface area contributed by atoms with Crippen molar-refractivity contribution < 1.29 is 19.4 Å². The molecular weight excluding hydrogens is 331 g/mol. The van der Waals surface area contributed by atoms with Gasteiger partial charge in [0.15, 0.2) is 0 Å². The van der Waals surface area contributed by atoms with E-state index in [1.165, 1.54) is 7.11 Å². The van der Waals surface area contributed by atoms with E-state index < -0.39 is 18.1 Å². The number of hydrogen-bond donors (Lipinski definition) is 2. The maximum absolute atomic E-state index is 12.1. The van der Waals surface area contributed by atoms with Crippen LogP contribution in [0.2, 0.25) is 10.0 Å². The Bertz CT molecular complexity index is 582. The normalized spacial score (nSPS) is 21.6. The van der Waals surface area contributed by atoms with Gasteiger partial charge in [-0.25, -0.2) is 0 Å². The molecule has 2 atom stereocenters. The van der Waals surface area contributed by atoms with Gasteiger partial charge in [-0.3, -0.25) is 14.5 Å². The molecule has 0 aliphatic carbocycles. The van der Waals surface area contributed by atoms with Crippen LogP contribution < -0.4 is 5.32 Å². The number of nitrogens with zero attached hydrogens (tertiary/aromatic N) is 1. The van der Waals surface area contributed by atoms with Gasteiger partial charge in [0, 0.05) is 18.7 Å². The second kappa shape index (κ2) is 7.28. The first-order valence-electron chi connectivity index (χ1n) is 6.65. The predicted octanol–water partition coefficient (Wildman–Crippen LogP) is 1.54. The molecule has 1 aliphatic heterocycles. The van der Waals surface area contributed by atoms with E-state index in [-0.39, 0.29) is 25.4 Å². The average molecular weight is 347 g/mol. The molecule has 2 N–H and O–H groups in total. The largest absolute Gasteiger partial charge is 0.468 e. The van der Waals surface area contributed by atoms with Crippen LogP contribution in [0.25, 0.3) is 0 Å². The first-order valence-corrected chi connectivity index (χ1v) is 7.41. The van der Waals surface area contributed by atoms with Gasteiger partial charge < -0.3 is 15.2 Å². The number of likely N-dealkylation sites (tertiary alicyclic amines) is 1. The summed E-state index contributed by atoms with van der Waals surface area (Å²) >= 11 is 11.7. The Kier molecular flexibility index (Phi) is 5.63. The van der Waals surface area contributed by atoms with Crippen LogP contribution >= 0.6 is 23.2 Å². The number of nitrogens with one attached hydrogen (secondary N) is 1. The molecular formula is C14H16Cl2N2O4. The summed E-state index contributed by atoms with van der Waals surface area (Å²) in [7, 11) is 1.28. The lowest BCUT2D eigenvalue weighted by Gasteiger charge is -2.21. The van der Waals surface area contributed by atoms with Gasteiger partial charge in [0.1, 0.15) is 6.04 Å². The van der Waals surface area contributed by atoms with Crippen molar-refractivity contribution in [2.24, 2.45) is 0 Å². The Labute approximate surface area is 137 Å². The first-order chi connectivity index (χ1) is 10.4. The summed E-state index contributed by atoms with van der Waals surface area (Å²) in [4.78, 5) is 25.3. The van der Waals surface area contributed by atoms with Gasteiger partial charge in [-0.05, 0) is 18.2 Å². The van der Waals surface area contributed by atoms with Crippen LogP contribution in [0.3, 0.4) is 0 Å². The highest BCUT2D eigenvalue weighted by Gasteiger charge is 2.37. The van der Waals surface area contributed by atoms with Gasteiger partial charge in [-0.2, -0.15) is 0 Å². The molecule has 1 aromatic rings. The molecule has 1 amide bonds. The molecule has 0 aromatic heterocycles. The van der Waals surface area contributed by atoms with Crippen LogP contribution in [0.5, 0.6) is 0 Å². The van der Waals surface area contributed by atoms with E-state index in [1.807, 2.05) is 0 Å². The number of hydrogen-bond acceptors (Lipinski definition) is 5. The number of ether oxygens (including phenoxy) is 1. The minimum atomic E-state index is -0.651. The molecule has 0 spiro atoms. The Morgan fingerprint density at radius 2 is 2.14 bits per heavy atom. The smallest absolute Gasteiger partial charge is 0.323 e. The van der Waals surface area contributed by atoms with E-state index in [9.17, 15) is 14.7 Å². The van der Waals surface area contributed by atoms with Crippen LogP contribution in [0.15, 0.2) is 18.2 Å². The second-order valence-electron chi connectivity index (χ2n) is 5.03. The fraction of sp³-hybridized carbons (Fsp3) is 0.429. The molecule has 120 valence electrons. The Balaban J connectivity index is 1.98. The number of rotatable bonds is 4. The van der Waals surface area contributed by atoms with Crippen LogP contribution in [-0.2, 0) is 14.3 Å². The van der Waals surface area contributed by atoms with Crippen molar-refractivity contribution in [3.63, 3.8) is 0 Å². The topological polar surface area (TPSA) is 78.9 Å². The number of β-amino-alcohol motifs (C(OH)–C–C–N with tert-alkyl or cyclic N) is 1. The summed E-state index contributed by atoms with van der Waals surface area (Å²) in [5.41, 5.74) is 0.508. The summed E-state index contributed by atoms with van der Waals surface area (Å²) in [6, 6.07) is 4.14. The van der Waals surface area contributed by atoms with Crippen molar-refractivity contribution in [2.75, 3.05) is 25.5 Å². The van der Waals surface area contributed by atoms with Crippen molar-refractivity contribution in [1.82, 2.24) is 4.90 Å². The van der Waals surface area contributed by atoms with Gasteiger partial charge in [0.25, 0.3) is 0 Å². The summed E-state index contributed by atoms with van der Waals surface area (Å²) in [5.74, 6) is -0.778. The minimum absolute atomic E-state index is 0.0307. The Hall–Kier alpha value is -1.34. The zero-order chi connectivity index (χ0) is 16.3. The first kappa shape index (κ1) is 17.0. The third-order valence-electron chi connectivity index (χ3n) is 3.40. The molecule has 1 heterocycles. The van der Waals surface area contributed by atoms with Crippen LogP contribution in [0.1, 0.15) is 6.42 Å². The molecule has 0 bridgehead atoms. The van der Waals surface area contributed by atoms with Gasteiger partial charge in [0.05, 0.1) is 29.8 Å². The molecule has 6 nitrogen and oxygen atoms in total. The average Bonchev–Trinajstić information content (AvgIpc) is 2.82. The number of anilines is 1. The SMILES string of the molecule is COC(=O)[C@@H]1C[C@@H](O)CN1CC(=O)Nc1ccc(Cl)c(Cl)c1. The minimum Gasteiger partial charge on any atom is -0.468 e. The highest BCUT2D eigenvalue weighted by molar-refractivity contribution is 6.42. The zero-order valence-electron chi connectivity index (χ0n) is 11.9. The number of carbonyl (C=O) groups excluding carboxylic acids is 2. The number of aliphatic hydroxyl groups is 1. The summed E-state index contributed by atoms with van der Waals surface area (Å²) < 4.78 is 4.69. The van der Waals surface area contributed by atoms with Crippen LogP contribution in [0.4, 0.5) is 5.69 Å². The van der Waals surface area contributed by atoms with Gasteiger partial charge in [-0.15, -0.1) is 0 Å². The molecule has 1 aromatic carbocycles. The lowest BCUT2D eigenvalue weighted by atomic mass is 10.2. The molecule has 1 fully saturated rings. The summed E-state index contributed by atoms with van der Waals surface area (Å²) in [6.45, 7) is 0.214. The van der Waals surface area contributed by atoms with Gasteiger partial charge >= 0.3 is 5.97 Å². The maximum atomic E-state index is 12.1. The number of methoxy groups -OCH3 is 1. The molecule has 22 heavy (non-hydrogen) atoms. The standard InChI is InChI=1S/C14H16Cl2N2O4/c1-22-14(21)12-5-9(19)6-18(12)7-13(20)17-8-2-3-10(15)11(16)4-8/h2-4,9,12,19H,5-7H2,1H3,(H,17,20)/t9-,12+/m1/s1. The molecule has 1 saturated heterocycles. The van der Waals surface area contributed by atoms with E-state index in [4.69, 9.17) is 23.2 Å². The molecule has 1 aliphatic rings. The summed E-state index contributed by atoms with van der Waals surface area (Å²) in [6.07, 6.45) is -0.394. The lowest BCUT2D eigenvalue weighted by molar-refractivity contribution is -0.146. The fourth-order valence-electron chi connectivity index (χ4n) is 2.39. The van der Waals surface area contributed by atoms with E-state index >= 15 is 0 Å². The van der Waals surface area contributed by atoms with E-state index in [1.54, 1.807) is 23.1 Å². The summed E-state index contributed by atoms with van der Waals surface area (Å²) in [5, 5.41) is 13.1. The van der Waals surface area contributed by atoms with E-state index in [0.717, 1.165) is 0 Å². The number of esters is 1. The van der Waals surface area contributed by atoms with Gasteiger partial charge in [0.2, 0.25) is 5.91 Å². The van der Waals surface area contributed by atoms with Crippen molar-refractivity contribution >= 4 is 40.8 Å². The Morgan fingerprint density at radius 3 is 2.77 bits per heavy atom. The van der Waals surface area contributed by atoms with Crippen molar-refractivity contribution in [3.8, 4) is 0 Å². The molecule has 0 saturated carbocycles. The number of benzene rings is 1. The molecule has 2 rings (SSSR count). The predicted molar refractivity (Wildman–Crippen MR) is 83.1 cm³/mol. The Morgan fingerprint density at radius 1 is 1.41 bits per heavy atom. The second-order valence-corrected chi connectivity index (χ2v) is 5.85. The van der Waals surface area contributed by atoms with Crippen LogP contribution in [-0.4, -0.2) is 54.2 Å². The number of amides is 1. The van der Waals surface area contributed by atoms with Gasteiger partial charge in [-0.1, -0.05) is 23.2 Å². The highest BCUT2D eigenvalue weighted by Crippen LogP contribution is 2.25. The number of halogens is 2. The van der Waals surface area contributed by atoms with Crippen molar-refractivity contribution in [3.05, 3.63) is 28.2 Å². The molecule has 8 heteroatoms. The molecule has 0 unspecified atom stereocenters.